The van der Waals surface area contributed by atoms with Crippen LogP contribution in [0.25, 0.3) is 11.0 Å². The molecule has 5 N–H and O–H groups in total. The van der Waals surface area contributed by atoms with E-state index in [1.807, 2.05) is 24.3 Å². The Kier molecular flexibility index (Phi) is 5.19. The third-order valence-corrected chi connectivity index (χ3v) is 5.53. The molecule has 1 aliphatic rings. The molecular formula is C22H19F3N8O. The predicted molar refractivity (Wildman–Crippen MR) is 121 cm³/mol. The van der Waals surface area contributed by atoms with E-state index in [9.17, 15) is 18.0 Å². The number of benzene rings is 2. The van der Waals surface area contributed by atoms with Gasteiger partial charge in [0.2, 0.25) is 5.95 Å². The number of H-pyrrole nitrogens is 1. The SMILES string of the molecule is Nc1nc(NC2Cc3ccccc3N(C(=O)Nc3ccc(C(F)(F)F)cc3)C2)c2cn[nH]c2n1. The summed E-state index contributed by atoms with van der Waals surface area (Å²) in [4.78, 5) is 23.1. The van der Waals surface area contributed by atoms with Crippen LogP contribution in [0, 0.1) is 0 Å². The van der Waals surface area contributed by atoms with Gasteiger partial charge in [-0.15, -0.1) is 0 Å². The number of fused-ring (bicyclic) bond motifs is 2. The largest absolute Gasteiger partial charge is 0.416 e. The van der Waals surface area contributed by atoms with Gasteiger partial charge in [-0.05, 0) is 42.3 Å². The topological polar surface area (TPSA) is 125 Å². The van der Waals surface area contributed by atoms with Crippen molar-refractivity contribution < 1.29 is 18.0 Å². The Morgan fingerprint density at radius 2 is 1.88 bits per heavy atom. The normalized spacial score (nSPS) is 15.7. The summed E-state index contributed by atoms with van der Waals surface area (Å²) in [5.74, 6) is 0.566. The van der Waals surface area contributed by atoms with Gasteiger partial charge in [0, 0.05) is 24.0 Å². The highest BCUT2D eigenvalue weighted by Crippen LogP contribution is 2.32. The van der Waals surface area contributed by atoms with E-state index in [0.717, 1.165) is 23.4 Å². The summed E-state index contributed by atoms with van der Waals surface area (Å²) in [6.07, 6.45) is -2.25. The highest BCUT2D eigenvalue weighted by molar-refractivity contribution is 6.02. The number of rotatable bonds is 3. The van der Waals surface area contributed by atoms with Gasteiger partial charge in [0.05, 0.1) is 17.1 Å². The fourth-order valence-electron chi connectivity index (χ4n) is 3.97. The number of halogens is 3. The smallest absolute Gasteiger partial charge is 0.368 e. The van der Waals surface area contributed by atoms with Gasteiger partial charge >= 0.3 is 12.2 Å². The van der Waals surface area contributed by atoms with Crippen LogP contribution in [0.4, 0.5) is 41.1 Å². The zero-order chi connectivity index (χ0) is 23.9. The first kappa shape index (κ1) is 21.5. The van der Waals surface area contributed by atoms with Crippen LogP contribution in [0.15, 0.2) is 54.7 Å². The molecule has 0 saturated heterocycles. The van der Waals surface area contributed by atoms with E-state index < -0.39 is 17.8 Å². The number of carbonyl (C=O) groups excluding carboxylic acids is 1. The van der Waals surface area contributed by atoms with Crippen LogP contribution in [-0.4, -0.2) is 38.8 Å². The molecule has 1 unspecified atom stereocenters. The van der Waals surface area contributed by atoms with Crippen LogP contribution in [0.5, 0.6) is 0 Å². The lowest BCUT2D eigenvalue weighted by Gasteiger charge is -2.35. The van der Waals surface area contributed by atoms with Gasteiger partial charge in [0.15, 0.2) is 5.65 Å². The number of hydrogen-bond acceptors (Lipinski definition) is 6. The first-order chi connectivity index (χ1) is 16.3. The Labute approximate surface area is 191 Å². The second-order valence-corrected chi connectivity index (χ2v) is 7.85. The zero-order valence-electron chi connectivity index (χ0n) is 17.6. The van der Waals surface area contributed by atoms with Crippen molar-refractivity contribution in [2.24, 2.45) is 0 Å². The molecule has 9 nitrogen and oxygen atoms in total. The van der Waals surface area contributed by atoms with E-state index in [1.54, 1.807) is 11.1 Å². The molecule has 12 heteroatoms. The molecule has 5 rings (SSSR count). The lowest BCUT2D eigenvalue weighted by molar-refractivity contribution is -0.137. The average Bonchev–Trinajstić information content (AvgIpc) is 3.27. The molecule has 0 spiro atoms. The maximum Gasteiger partial charge on any atom is 0.416 e. The van der Waals surface area contributed by atoms with Crippen molar-refractivity contribution in [2.75, 3.05) is 27.8 Å². The third-order valence-electron chi connectivity index (χ3n) is 5.53. The van der Waals surface area contributed by atoms with Crippen molar-refractivity contribution >= 4 is 40.2 Å². The Balaban J connectivity index is 1.39. The van der Waals surface area contributed by atoms with Crippen LogP contribution < -0.4 is 21.3 Å². The van der Waals surface area contributed by atoms with Crippen LogP contribution in [0.2, 0.25) is 0 Å². The second-order valence-electron chi connectivity index (χ2n) is 7.85. The van der Waals surface area contributed by atoms with E-state index in [0.29, 0.717) is 23.3 Å². The third kappa shape index (κ3) is 4.17. The van der Waals surface area contributed by atoms with Crippen molar-refractivity contribution in [3.63, 3.8) is 0 Å². The van der Waals surface area contributed by atoms with Crippen molar-refractivity contribution in [3.8, 4) is 0 Å². The Morgan fingerprint density at radius 3 is 2.65 bits per heavy atom. The minimum absolute atomic E-state index is 0.0763. The number of para-hydroxylation sites is 1. The minimum atomic E-state index is -4.45. The number of hydrogen-bond donors (Lipinski definition) is 4. The number of aromatic nitrogens is 4. The number of aromatic amines is 1. The monoisotopic (exact) mass is 468 g/mol. The Morgan fingerprint density at radius 1 is 1.12 bits per heavy atom. The van der Waals surface area contributed by atoms with Crippen molar-refractivity contribution in [3.05, 3.63) is 65.9 Å². The second kappa shape index (κ2) is 8.21. The molecule has 2 aromatic carbocycles. The van der Waals surface area contributed by atoms with Crippen LogP contribution in [0.3, 0.4) is 0 Å². The Hall–Kier alpha value is -4.35. The molecule has 2 amide bonds. The van der Waals surface area contributed by atoms with Gasteiger partial charge < -0.3 is 16.4 Å². The minimum Gasteiger partial charge on any atom is -0.368 e. The van der Waals surface area contributed by atoms with E-state index in [4.69, 9.17) is 5.73 Å². The summed E-state index contributed by atoms with van der Waals surface area (Å²) in [5, 5.41) is 13.4. The Bertz CT molecular complexity index is 1350. The molecule has 1 atom stereocenters. The van der Waals surface area contributed by atoms with Crippen LogP contribution in [-0.2, 0) is 12.6 Å². The van der Waals surface area contributed by atoms with E-state index >= 15 is 0 Å². The summed E-state index contributed by atoms with van der Waals surface area (Å²) in [5.41, 5.74) is 7.43. The highest BCUT2D eigenvalue weighted by atomic mass is 19.4. The maximum absolute atomic E-state index is 13.1. The quantitative estimate of drug-likeness (QED) is 0.360. The molecule has 34 heavy (non-hydrogen) atoms. The van der Waals surface area contributed by atoms with Gasteiger partial charge in [0.25, 0.3) is 0 Å². The summed E-state index contributed by atoms with van der Waals surface area (Å²) in [6, 6.07) is 11.1. The van der Waals surface area contributed by atoms with Gasteiger partial charge in [-0.25, -0.2) is 4.79 Å². The summed E-state index contributed by atoms with van der Waals surface area (Å²) < 4.78 is 38.5. The number of amides is 2. The predicted octanol–water partition coefficient (Wildman–Crippen LogP) is 4.03. The highest BCUT2D eigenvalue weighted by Gasteiger charge is 2.31. The molecular weight excluding hydrogens is 449 g/mol. The van der Waals surface area contributed by atoms with E-state index in [1.165, 1.54) is 12.1 Å². The lowest BCUT2D eigenvalue weighted by atomic mass is 9.98. The van der Waals surface area contributed by atoms with Crippen molar-refractivity contribution in [1.29, 1.82) is 0 Å². The standard InChI is InChI=1S/C22H19F3N8O/c23-22(24,25)13-5-7-14(8-6-13)29-21(34)33-11-15(9-12-3-1-2-4-17(12)33)28-18-16-10-27-32-19(16)31-20(26)30-18/h1-8,10,15H,9,11H2,(H,29,34)(H4,26,27,28,30,31,32). The summed E-state index contributed by atoms with van der Waals surface area (Å²) in [6.45, 7) is 0.284. The molecule has 4 aromatic rings. The molecule has 0 fully saturated rings. The van der Waals surface area contributed by atoms with Gasteiger partial charge in [0.1, 0.15) is 5.82 Å². The first-order valence-corrected chi connectivity index (χ1v) is 10.3. The molecule has 3 heterocycles. The van der Waals surface area contributed by atoms with E-state index in [-0.39, 0.29) is 24.2 Å². The molecule has 174 valence electrons. The number of nitrogens with zero attached hydrogens (tertiary/aromatic N) is 4. The zero-order valence-corrected chi connectivity index (χ0v) is 17.6. The molecule has 0 aliphatic carbocycles. The molecule has 2 aromatic heterocycles. The fourth-order valence-corrected chi connectivity index (χ4v) is 3.97. The first-order valence-electron chi connectivity index (χ1n) is 10.3. The number of nitrogens with one attached hydrogen (secondary N) is 3. The van der Waals surface area contributed by atoms with Gasteiger partial charge in [-0.2, -0.15) is 28.2 Å². The number of nitrogen functional groups attached to an aromatic ring is 1. The summed E-state index contributed by atoms with van der Waals surface area (Å²) >= 11 is 0. The number of urea groups is 1. The average molecular weight is 468 g/mol. The van der Waals surface area contributed by atoms with E-state index in [2.05, 4.69) is 30.8 Å². The fraction of sp³-hybridized carbons (Fsp3) is 0.182. The van der Waals surface area contributed by atoms with Crippen molar-refractivity contribution in [2.45, 2.75) is 18.6 Å². The number of anilines is 4. The lowest BCUT2D eigenvalue weighted by Crippen LogP contribution is -2.47. The maximum atomic E-state index is 13.1. The van der Waals surface area contributed by atoms with Crippen LogP contribution >= 0.6 is 0 Å². The number of nitrogens with two attached hydrogens (primary N) is 1. The summed E-state index contributed by atoms with van der Waals surface area (Å²) in [7, 11) is 0. The molecule has 1 aliphatic heterocycles. The number of alkyl halides is 3. The van der Waals surface area contributed by atoms with Gasteiger partial charge in [-0.3, -0.25) is 10.00 Å². The van der Waals surface area contributed by atoms with Crippen molar-refractivity contribution in [1.82, 2.24) is 20.2 Å². The molecule has 0 bridgehead atoms. The molecule has 0 radical (unpaired) electrons. The van der Waals surface area contributed by atoms with Gasteiger partial charge in [-0.1, -0.05) is 18.2 Å². The van der Waals surface area contributed by atoms with Crippen LogP contribution in [0.1, 0.15) is 11.1 Å². The molecule has 0 saturated carbocycles. The number of carbonyl (C=O) groups is 1.